The molecule has 0 saturated carbocycles. The van der Waals surface area contributed by atoms with E-state index in [4.69, 9.17) is 5.10 Å². The first-order valence-corrected chi connectivity index (χ1v) is 9.29. The molecular formula is C19H27N5O2. The minimum atomic E-state index is -0.0512. The van der Waals surface area contributed by atoms with Crippen molar-refractivity contribution >= 4 is 22.8 Å². The fourth-order valence-corrected chi connectivity index (χ4v) is 3.52. The zero-order valence-electron chi connectivity index (χ0n) is 15.7. The quantitative estimate of drug-likeness (QED) is 0.857. The van der Waals surface area contributed by atoms with Crippen LogP contribution in [0.15, 0.2) is 18.3 Å². The molecule has 140 valence electrons. The predicted molar refractivity (Wildman–Crippen MR) is 99.6 cm³/mol. The molecule has 1 atom stereocenters. The zero-order valence-corrected chi connectivity index (χ0v) is 15.7. The Morgan fingerprint density at radius 2 is 2.19 bits per heavy atom. The van der Waals surface area contributed by atoms with Crippen molar-refractivity contribution in [2.24, 2.45) is 5.92 Å². The minimum absolute atomic E-state index is 0.0512. The summed E-state index contributed by atoms with van der Waals surface area (Å²) in [5.74, 6) is 0.791. The van der Waals surface area contributed by atoms with Gasteiger partial charge in [-0.2, -0.15) is 5.10 Å². The molecule has 7 heteroatoms. The first kappa shape index (κ1) is 18.4. The van der Waals surface area contributed by atoms with Crippen molar-refractivity contribution < 1.29 is 9.59 Å². The molecule has 1 aliphatic rings. The topological polar surface area (TPSA) is 80.1 Å². The van der Waals surface area contributed by atoms with Crippen molar-refractivity contribution in [1.29, 1.82) is 0 Å². The maximum absolute atomic E-state index is 12.4. The van der Waals surface area contributed by atoms with E-state index in [1.165, 1.54) is 6.92 Å². The van der Waals surface area contributed by atoms with Gasteiger partial charge in [0.25, 0.3) is 0 Å². The lowest BCUT2D eigenvalue weighted by Gasteiger charge is -2.17. The van der Waals surface area contributed by atoms with Gasteiger partial charge in [-0.1, -0.05) is 13.8 Å². The number of carbonyl (C=O) groups excluding carboxylic acids is 2. The average Bonchev–Trinajstić information content (AvgIpc) is 3.19. The normalized spacial score (nSPS) is 17.2. The van der Waals surface area contributed by atoms with Gasteiger partial charge in [-0.05, 0) is 24.5 Å². The summed E-state index contributed by atoms with van der Waals surface area (Å²) in [5.41, 5.74) is 1.84. The third-order valence-corrected chi connectivity index (χ3v) is 4.74. The number of nitrogens with zero attached hydrogens (tertiary/aromatic N) is 4. The first-order valence-electron chi connectivity index (χ1n) is 9.29. The molecular weight excluding hydrogens is 330 g/mol. The summed E-state index contributed by atoms with van der Waals surface area (Å²) in [6, 6.07) is 3.96. The van der Waals surface area contributed by atoms with E-state index in [9.17, 15) is 9.59 Å². The first-order chi connectivity index (χ1) is 12.5. The van der Waals surface area contributed by atoms with Crippen LogP contribution in [0.1, 0.15) is 45.2 Å². The molecule has 1 fully saturated rings. The number of nitrogens with one attached hydrogen (secondary N) is 1. The van der Waals surface area contributed by atoms with Gasteiger partial charge in [0, 0.05) is 50.5 Å². The molecule has 0 bridgehead atoms. The maximum Gasteiger partial charge on any atom is 0.222 e. The lowest BCUT2D eigenvalue weighted by molar-refractivity contribution is -0.131. The molecule has 0 aromatic carbocycles. The number of hydrogen-bond donors (Lipinski definition) is 1. The number of amides is 2. The second-order valence-electron chi connectivity index (χ2n) is 7.39. The Bertz CT molecular complexity index is 798. The second kappa shape index (κ2) is 7.85. The molecule has 1 unspecified atom stereocenters. The van der Waals surface area contributed by atoms with Crippen LogP contribution in [0.4, 0.5) is 0 Å². The van der Waals surface area contributed by atoms with Crippen molar-refractivity contribution in [2.45, 2.75) is 46.1 Å². The van der Waals surface area contributed by atoms with E-state index < -0.39 is 0 Å². The Hall–Kier alpha value is -2.44. The van der Waals surface area contributed by atoms with Crippen molar-refractivity contribution in [3.63, 3.8) is 0 Å². The molecule has 0 aliphatic carbocycles. The van der Waals surface area contributed by atoms with Gasteiger partial charge in [0.1, 0.15) is 0 Å². The maximum atomic E-state index is 12.4. The molecule has 0 radical (unpaired) electrons. The Kier molecular flexibility index (Phi) is 5.54. The third kappa shape index (κ3) is 4.03. The highest BCUT2D eigenvalue weighted by molar-refractivity contribution is 5.80. The Labute approximate surface area is 153 Å². The molecule has 1 aliphatic heterocycles. The van der Waals surface area contributed by atoms with Crippen molar-refractivity contribution in [3.8, 4) is 0 Å². The number of likely N-dealkylation sites (tertiary alicyclic amines) is 1. The smallest absolute Gasteiger partial charge is 0.222 e. The summed E-state index contributed by atoms with van der Waals surface area (Å²) in [5, 5.41) is 8.63. The highest BCUT2D eigenvalue weighted by Crippen LogP contribution is 2.31. The van der Waals surface area contributed by atoms with Gasteiger partial charge < -0.3 is 10.2 Å². The van der Waals surface area contributed by atoms with E-state index in [1.54, 1.807) is 6.20 Å². The fraction of sp³-hybridized carbons (Fsp3) is 0.579. The van der Waals surface area contributed by atoms with Crippen LogP contribution in [0, 0.1) is 5.92 Å². The van der Waals surface area contributed by atoms with Crippen molar-refractivity contribution in [1.82, 2.24) is 25.0 Å². The van der Waals surface area contributed by atoms with Gasteiger partial charge in [0.05, 0.1) is 12.2 Å². The summed E-state index contributed by atoms with van der Waals surface area (Å²) in [7, 11) is 0. The predicted octanol–water partition coefficient (Wildman–Crippen LogP) is 1.93. The van der Waals surface area contributed by atoms with Crippen LogP contribution in [-0.4, -0.2) is 51.1 Å². The summed E-state index contributed by atoms with van der Waals surface area (Å²) in [4.78, 5) is 29.9. The molecule has 2 aromatic heterocycles. The second-order valence-corrected chi connectivity index (χ2v) is 7.39. The Morgan fingerprint density at radius 3 is 2.92 bits per heavy atom. The molecule has 2 aromatic rings. The number of hydrogen-bond acceptors (Lipinski definition) is 4. The number of aromatic nitrogens is 3. The van der Waals surface area contributed by atoms with Crippen molar-refractivity contribution in [2.75, 3.05) is 19.6 Å². The number of pyridine rings is 1. The highest BCUT2D eigenvalue weighted by atomic mass is 16.2. The van der Waals surface area contributed by atoms with E-state index in [-0.39, 0.29) is 17.7 Å². The van der Waals surface area contributed by atoms with Crippen LogP contribution < -0.4 is 5.32 Å². The molecule has 3 heterocycles. The van der Waals surface area contributed by atoms with Crippen molar-refractivity contribution in [3.05, 3.63) is 24.0 Å². The van der Waals surface area contributed by atoms with Crippen LogP contribution in [0.2, 0.25) is 0 Å². The molecule has 7 nitrogen and oxygen atoms in total. The van der Waals surface area contributed by atoms with Gasteiger partial charge in [0.15, 0.2) is 5.65 Å². The molecule has 1 saturated heterocycles. The number of rotatable bonds is 6. The van der Waals surface area contributed by atoms with Gasteiger partial charge in [-0.15, -0.1) is 0 Å². The van der Waals surface area contributed by atoms with E-state index >= 15 is 0 Å². The lowest BCUT2D eigenvalue weighted by atomic mass is 10.0. The van der Waals surface area contributed by atoms with Gasteiger partial charge in [0.2, 0.25) is 11.8 Å². The summed E-state index contributed by atoms with van der Waals surface area (Å²) >= 11 is 0. The van der Waals surface area contributed by atoms with Gasteiger partial charge in [-0.3, -0.25) is 9.59 Å². The van der Waals surface area contributed by atoms with Crippen LogP contribution in [0.25, 0.3) is 11.0 Å². The van der Waals surface area contributed by atoms with Crippen LogP contribution in [-0.2, 0) is 16.1 Å². The molecule has 1 N–H and O–H groups in total. The molecule has 2 amide bonds. The average molecular weight is 357 g/mol. The summed E-state index contributed by atoms with van der Waals surface area (Å²) < 4.78 is 1.86. The Balaban J connectivity index is 1.78. The summed E-state index contributed by atoms with van der Waals surface area (Å²) in [6.07, 6.45) is 3.28. The summed E-state index contributed by atoms with van der Waals surface area (Å²) in [6.45, 7) is 8.26. The Morgan fingerprint density at radius 1 is 1.38 bits per heavy atom. The van der Waals surface area contributed by atoms with E-state index in [0.29, 0.717) is 25.4 Å². The fourth-order valence-electron chi connectivity index (χ4n) is 3.52. The van der Waals surface area contributed by atoms with Gasteiger partial charge in [-0.25, -0.2) is 9.67 Å². The third-order valence-electron chi connectivity index (χ3n) is 4.74. The van der Waals surface area contributed by atoms with Crippen LogP contribution in [0.3, 0.4) is 0 Å². The molecule has 26 heavy (non-hydrogen) atoms. The van der Waals surface area contributed by atoms with E-state index in [0.717, 1.165) is 36.2 Å². The number of fused-ring (bicyclic) bond motifs is 1. The molecule has 3 rings (SSSR count). The lowest BCUT2D eigenvalue weighted by Crippen LogP contribution is -2.29. The van der Waals surface area contributed by atoms with E-state index in [1.807, 2.05) is 21.7 Å². The number of carbonyl (C=O) groups is 2. The van der Waals surface area contributed by atoms with E-state index in [2.05, 4.69) is 24.1 Å². The van der Waals surface area contributed by atoms with Gasteiger partial charge >= 0.3 is 0 Å². The zero-order chi connectivity index (χ0) is 18.7. The van der Waals surface area contributed by atoms with Crippen LogP contribution >= 0.6 is 0 Å². The minimum Gasteiger partial charge on any atom is -0.354 e. The monoisotopic (exact) mass is 357 g/mol. The standard InChI is InChI=1S/C19H27N5O2/c1-13(2)11-17(26)23-9-6-15(12-23)18-16-5-4-7-21-19(16)24(22-18)10-8-20-14(3)25/h4-5,7,13,15H,6,8-12H2,1-3H3,(H,20,25). The SMILES string of the molecule is CC(=O)NCCn1nc(C2CCN(C(=O)CC(C)C)C2)c2cccnc21. The largest absolute Gasteiger partial charge is 0.354 e. The molecule has 0 spiro atoms. The highest BCUT2D eigenvalue weighted by Gasteiger charge is 2.30. The van der Waals surface area contributed by atoms with Crippen LogP contribution in [0.5, 0.6) is 0 Å².